The quantitative estimate of drug-likeness (QED) is 0.423. The maximum Gasteiger partial charge on any atom is 0.436 e. The van der Waals surface area contributed by atoms with Crippen molar-refractivity contribution in [3.63, 3.8) is 0 Å². The maximum atomic E-state index is 12.5. The Hall–Kier alpha value is -3.70. The molecule has 12 nitrogen and oxygen atoms in total. The molecule has 30 heavy (non-hydrogen) atoms. The Labute approximate surface area is 172 Å². The zero-order valence-electron chi connectivity index (χ0n) is 16.7. The number of rotatable bonds is 8. The molecule has 0 spiro atoms. The van der Waals surface area contributed by atoms with Crippen molar-refractivity contribution in [1.82, 2.24) is 15.5 Å². The predicted octanol–water partition coefficient (Wildman–Crippen LogP) is 1.13. The standard InChI is InChI=1S/C18H24N6O6/c1-23(2)18(29)30-22-20-11-12-3-5-13(6-4-12)24-10-8-14(16(24)27)21-17(28)19-9-7-15(25)26/h3-6,14H,7-11H2,1-2H3,(H,25,26)(H2,19,21,28)/t14-/m0/s1. The van der Waals surface area contributed by atoms with Crippen molar-refractivity contribution in [2.45, 2.75) is 25.4 Å². The number of anilines is 1. The second kappa shape index (κ2) is 10.7. The van der Waals surface area contributed by atoms with Gasteiger partial charge in [-0.3, -0.25) is 14.4 Å². The Morgan fingerprint density at radius 2 is 1.97 bits per heavy atom. The summed E-state index contributed by atoms with van der Waals surface area (Å²) in [5.74, 6) is -1.26. The third-order valence-corrected chi connectivity index (χ3v) is 4.18. The van der Waals surface area contributed by atoms with Crippen molar-refractivity contribution < 1.29 is 29.1 Å². The van der Waals surface area contributed by atoms with E-state index in [0.29, 0.717) is 18.7 Å². The lowest BCUT2D eigenvalue weighted by Gasteiger charge is -2.17. The third-order valence-electron chi connectivity index (χ3n) is 4.18. The van der Waals surface area contributed by atoms with Crippen LogP contribution in [0.25, 0.3) is 0 Å². The second-order valence-corrected chi connectivity index (χ2v) is 6.67. The van der Waals surface area contributed by atoms with Gasteiger partial charge in [-0.15, -0.1) is 5.11 Å². The average molecular weight is 420 g/mol. The van der Waals surface area contributed by atoms with Crippen LogP contribution in [-0.2, 0) is 21.0 Å². The molecule has 1 fully saturated rings. The van der Waals surface area contributed by atoms with E-state index in [0.717, 1.165) is 5.56 Å². The fourth-order valence-electron chi connectivity index (χ4n) is 2.60. The Balaban J connectivity index is 1.83. The van der Waals surface area contributed by atoms with E-state index < -0.39 is 24.1 Å². The molecule has 2 rings (SSSR count). The van der Waals surface area contributed by atoms with Gasteiger partial charge in [-0.1, -0.05) is 12.1 Å². The molecule has 1 saturated heterocycles. The lowest BCUT2D eigenvalue weighted by Crippen LogP contribution is -2.46. The summed E-state index contributed by atoms with van der Waals surface area (Å²) in [6, 6.07) is 5.80. The van der Waals surface area contributed by atoms with Gasteiger partial charge in [0.1, 0.15) is 6.04 Å². The Kier molecular flexibility index (Phi) is 8.08. The summed E-state index contributed by atoms with van der Waals surface area (Å²) in [5.41, 5.74) is 1.48. The van der Waals surface area contributed by atoms with Crippen LogP contribution in [0.4, 0.5) is 15.3 Å². The van der Waals surface area contributed by atoms with Crippen molar-refractivity contribution in [1.29, 1.82) is 0 Å². The van der Waals surface area contributed by atoms with Gasteiger partial charge in [0.15, 0.2) is 0 Å². The van der Waals surface area contributed by atoms with Crippen LogP contribution in [0.1, 0.15) is 18.4 Å². The number of amides is 4. The lowest BCUT2D eigenvalue weighted by molar-refractivity contribution is -0.136. The first-order chi connectivity index (χ1) is 14.3. The lowest BCUT2D eigenvalue weighted by atomic mass is 10.2. The van der Waals surface area contributed by atoms with Gasteiger partial charge in [-0.2, -0.15) is 0 Å². The zero-order chi connectivity index (χ0) is 22.1. The third kappa shape index (κ3) is 6.72. The van der Waals surface area contributed by atoms with Gasteiger partial charge in [0.05, 0.1) is 13.0 Å². The van der Waals surface area contributed by atoms with E-state index in [1.54, 1.807) is 29.2 Å². The average Bonchev–Trinajstić information content (AvgIpc) is 3.05. The minimum Gasteiger partial charge on any atom is -0.481 e. The fourth-order valence-corrected chi connectivity index (χ4v) is 2.60. The molecule has 4 amide bonds. The van der Waals surface area contributed by atoms with Crippen molar-refractivity contribution >= 4 is 29.7 Å². The normalized spacial score (nSPS) is 15.9. The highest BCUT2D eigenvalue weighted by molar-refractivity contribution is 6.01. The minimum absolute atomic E-state index is 0.0149. The minimum atomic E-state index is -1.02. The van der Waals surface area contributed by atoms with Crippen LogP contribution in [0.2, 0.25) is 0 Å². The highest BCUT2D eigenvalue weighted by atomic mass is 16.7. The van der Waals surface area contributed by atoms with Crippen molar-refractivity contribution in [3.8, 4) is 0 Å². The molecule has 1 aromatic rings. The van der Waals surface area contributed by atoms with E-state index in [1.165, 1.54) is 19.0 Å². The largest absolute Gasteiger partial charge is 0.481 e. The monoisotopic (exact) mass is 420 g/mol. The number of carbonyl (C=O) groups is 4. The number of aliphatic carboxylic acids is 1. The highest BCUT2D eigenvalue weighted by Crippen LogP contribution is 2.22. The maximum absolute atomic E-state index is 12.5. The molecule has 1 aliphatic heterocycles. The number of benzene rings is 1. The Bertz CT molecular complexity index is 810. The molecule has 0 unspecified atom stereocenters. The van der Waals surface area contributed by atoms with Crippen LogP contribution < -0.4 is 15.5 Å². The van der Waals surface area contributed by atoms with Crippen LogP contribution in [0.15, 0.2) is 34.7 Å². The summed E-state index contributed by atoms with van der Waals surface area (Å²) in [7, 11) is 3.06. The molecule has 0 radical (unpaired) electrons. The number of carbonyl (C=O) groups excluding carboxylic acids is 3. The first kappa shape index (κ1) is 22.6. The van der Waals surface area contributed by atoms with Crippen LogP contribution in [0.5, 0.6) is 0 Å². The SMILES string of the molecule is CN(C)C(=O)ON=NCc1ccc(N2CC[C@H](NC(=O)NCCC(=O)O)C2=O)cc1. The molecule has 1 atom stereocenters. The van der Waals surface area contributed by atoms with Crippen molar-refractivity contribution in [2.24, 2.45) is 10.4 Å². The summed E-state index contributed by atoms with van der Waals surface area (Å²) >= 11 is 0. The highest BCUT2D eigenvalue weighted by Gasteiger charge is 2.33. The molecule has 3 N–H and O–H groups in total. The van der Waals surface area contributed by atoms with E-state index in [4.69, 9.17) is 5.11 Å². The first-order valence-electron chi connectivity index (χ1n) is 9.19. The van der Waals surface area contributed by atoms with E-state index in [9.17, 15) is 19.2 Å². The topological polar surface area (TPSA) is 153 Å². The predicted molar refractivity (Wildman–Crippen MR) is 105 cm³/mol. The van der Waals surface area contributed by atoms with Gasteiger partial charge < -0.3 is 25.5 Å². The summed E-state index contributed by atoms with van der Waals surface area (Å²) in [6.07, 6.45) is -0.374. The number of hydrogen-bond donors (Lipinski definition) is 3. The number of nitrogens with zero attached hydrogens (tertiary/aromatic N) is 4. The molecular weight excluding hydrogens is 396 g/mol. The van der Waals surface area contributed by atoms with Gasteiger partial charge in [0, 0.05) is 38.1 Å². The number of hydrogen-bond acceptors (Lipinski definition) is 7. The smallest absolute Gasteiger partial charge is 0.436 e. The van der Waals surface area contributed by atoms with E-state index in [2.05, 4.69) is 25.9 Å². The van der Waals surface area contributed by atoms with Crippen LogP contribution in [-0.4, -0.2) is 67.2 Å². The van der Waals surface area contributed by atoms with Crippen LogP contribution >= 0.6 is 0 Å². The molecule has 0 aromatic heterocycles. The van der Waals surface area contributed by atoms with E-state index in [1.807, 2.05) is 0 Å². The zero-order valence-corrected chi connectivity index (χ0v) is 16.7. The first-order valence-corrected chi connectivity index (χ1v) is 9.19. The van der Waals surface area contributed by atoms with Crippen LogP contribution in [0.3, 0.4) is 0 Å². The summed E-state index contributed by atoms with van der Waals surface area (Å²) in [5, 5.41) is 20.7. The van der Waals surface area contributed by atoms with Crippen LogP contribution in [0, 0.1) is 0 Å². The molecule has 162 valence electrons. The molecule has 1 aromatic carbocycles. The number of urea groups is 1. The van der Waals surface area contributed by atoms with Gasteiger partial charge in [-0.25, -0.2) is 9.59 Å². The molecule has 0 bridgehead atoms. The van der Waals surface area contributed by atoms with Gasteiger partial charge in [-0.05, 0) is 24.1 Å². The van der Waals surface area contributed by atoms with E-state index in [-0.39, 0.29) is 25.4 Å². The number of carboxylic acid groups (broad SMARTS) is 1. The number of carboxylic acids is 1. The molecule has 12 heteroatoms. The van der Waals surface area contributed by atoms with Crippen molar-refractivity contribution in [2.75, 3.05) is 32.1 Å². The fraction of sp³-hybridized carbons (Fsp3) is 0.444. The number of nitrogens with one attached hydrogen (secondary N) is 2. The Morgan fingerprint density at radius 1 is 1.27 bits per heavy atom. The van der Waals surface area contributed by atoms with Crippen molar-refractivity contribution in [3.05, 3.63) is 29.8 Å². The molecular formula is C18H24N6O6. The summed E-state index contributed by atoms with van der Waals surface area (Å²) in [4.78, 5) is 53.3. The molecule has 1 heterocycles. The molecule has 0 aliphatic carbocycles. The summed E-state index contributed by atoms with van der Waals surface area (Å²) in [6.45, 7) is 0.632. The second-order valence-electron chi connectivity index (χ2n) is 6.67. The Morgan fingerprint density at radius 3 is 2.60 bits per heavy atom. The van der Waals surface area contributed by atoms with Gasteiger partial charge >= 0.3 is 18.1 Å². The summed E-state index contributed by atoms with van der Waals surface area (Å²) < 4.78 is 0. The van der Waals surface area contributed by atoms with Gasteiger partial charge in [0.2, 0.25) is 5.91 Å². The van der Waals surface area contributed by atoms with E-state index >= 15 is 0 Å². The molecule has 1 aliphatic rings. The molecule has 0 saturated carbocycles. The van der Waals surface area contributed by atoms with Gasteiger partial charge in [0.25, 0.3) is 0 Å².